The van der Waals surface area contributed by atoms with Crippen LogP contribution in [-0.2, 0) is 0 Å². The Morgan fingerprint density at radius 2 is 2.37 bits per heavy atom. The standard InChI is InChI=1S/C14H18BrNO3/c1-19-11-2-3-12(13(17)8-11)14(18)16-7-5-10(9-16)4-6-15/h2-3,8,10,17H,4-7,9H2,1H3. The van der Waals surface area contributed by atoms with Crippen LogP contribution in [0.1, 0.15) is 23.2 Å². The second-order valence-corrected chi connectivity index (χ2v) is 5.56. The van der Waals surface area contributed by atoms with Crippen LogP contribution in [0.4, 0.5) is 0 Å². The van der Waals surface area contributed by atoms with Gasteiger partial charge < -0.3 is 14.7 Å². The van der Waals surface area contributed by atoms with Crippen LogP contribution >= 0.6 is 15.9 Å². The average molecular weight is 328 g/mol. The zero-order valence-corrected chi connectivity index (χ0v) is 12.5. The van der Waals surface area contributed by atoms with Crippen LogP contribution in [0.5, 0.6) is 11.5 Å². The van der Waals surface area contributed by atoms with Crippen LogP contribution in [0.3, 0.4) is 0 Å². The van der Waals surface area contributed by atoms with Crippen LogP contribution in [0.15, 0.2) is 18.2 Å². The van der Waals surface area contributed by atoms with E-state index in [1.807, 2.05) is 4.90 Å². The molecule has 1 aromatic rings. The first-order valence-corrected chi connectivity index (χ1v) is 7.50. The zero-order chi connectivity index (χ0) is 13.8. The summed E-state index contributed by atoms with van der Waals surface area (Å²) in [7, 11) is 1.53. The van der Waals surface area contributed by atoms with Crippen molar-refractivity contribution in [2.45, 2.75) is 12.8 Å². The minimum absolute atomic E-state index is 0.0201. The van der Waals surface area contributed by atoms with Crippen LogP contribution in [0, 0.1) is 5.92 Å². The Hall–Kier alpha value is -1.23. The molecule has 104 valence electrons. The average Bonchev–Trinajstić information content (AvgIpc) is 2.87. The van der Waals surface area contributed by atoms with Crippen LogP contribution in [0.2, 0.25) is 0 Å². The molecule has 0 radical (unpaired) electrons. The van der Waals surface area contributed by atoms with Gasteiger partial charge >= 0.3 is 0 Å². The number of ether oxygens (including phenoxy) is 1. The highest BCUT2D eigenvalue weighted by Crippen LogP contribution is 2.27. The number of aromatic hydroxyl groups is 1. The molecule has 1 aromatic carbocycles. The molecule has 0 spiro atoms. The molecule has 1 fully saturated rings. The fraction of sp³-hybridized carbons (Fsp3) is 0.500. The summed E-state index contributed by atoms with van der Waals surface area (Å²) in [5.74, 6) is 0.988. The van der Waals surface area contributed by atoms with Gasteiger partial charge in [0.15, 0.2) is 0 Å². The predicted octanol–water partition coefficient (Wildman–Crippen LogP) is 2.65. The third-order valence-electron chi connectivity index (χ3n) is 3.53. The topological polar surface area (TPSA) is 49.8 Å². The molecule has 0 bridgehead atoms. The number of methoxy groups -OCH3 is 1. The Morgan fingerprint density at radius 3 is 3.00 bits per heavy atom. The molecule has 1 saturated heterocycles. The van der Waals surface area contributed by atoms with Crippen molar-refractivity contribution < 1.29 is 14.6 Å². The van der Waals surface area contributed by atoms with Gasteiger partial charge in [-0.1, -0.05) is 15.9 Å². The quantitative estimate of drug-likeness (QED) is 0.865. The number of likely N-dealkylation sites (tertiary alicyclic amines) is 1. The van der Waals surface area contributed by atoms with Crippen molar-refractivity contribution in [2.75, 3.05) is 25.5 Å². The normalized spacial score (nSPS) is 18.6. The van der Waals surface area contributed by atoms with Crippen molar-refractivity contribution in [3.63, 3.8) is 0 Å². The van der Waals surface area contributed by atoms with Gasteiger partial charge in [0.05, 0.1) is 12.7 Å². The minimum Gasteiger partial charge on any atom is -0.507 e. The highest BCUT2D eigenvalue weighted by Gasteiger charge is 2.27. The predicted molar refractivity (Wildman–Crippen MR) is 77.1 cm³/mol. The number of hydrogen-bond donors (Lipinski definition) is 1. The summed E-state index contributed by atoms with van der Waals surface area (Å²) in [5, 5.41) is 10.9. The molecule has 1 N–H and O–H groups in total. The first-order chi connectivity index (χ1) is 9.15. The number of carbonyl (C=O) groups excluding carboxylic acids is 1. The number of halogens is 1. The van der Waals surface area contributed by atoms with E-state index in [4.69, 9.17) is 4.74 Å². The van der Waals surface area contributed by atoms with Gasteiger partial charge in [-0.25, -0.2) is 0 Å². The first kappa shape index (κ1) is 14.2. The maximum atomic E-state index is 12.3. The van der Waals surface area contributed by atoms with Gasteiger partial charge in [-0.3, -0.25) is 4.79 Å². The van der Waals surface area contributed by atoms with Crippen LogP contribution in [-0.4, -0.2) is 41.4 Å². The van der Waals surface area contributed by atoms with E-state index >= 15 is 0 Å². The summed E-state index contributed by atoms with van der Waals surface area (Å²) in [6.45, 7) is 1.54. The fourth-order valence-electron chi connectivity index (χ4n) is 2.40. The monoisotopic (exact) mass is 327 g/mol. The number of rotatable bonds is 4. The van der Waals surface area contributed by atoms with Crippen LogP contribution < -0.4 is 4.74 Å². The van der Waals surface area contributed by atoms with Crippen molar-refractivity contribution in [3.8, 4) is 11.5 Å². The molecule has 0 saturated carbocycles. The van der Waals surface area contributed by atoms with Crippen molar-refractivity contribution in [1.82, 2.24) is 4.90 Å². The number of phenolic OH excluding ortho intramolecular Hbond substituents is 1. The summed E-state index contributed by atoms with van der Waals surface area (Å²) in [4.78, 5) is 14.1. The molecule has 1 aliphatic rings. The van der Waals surface area contributed by atoms with E-state index in [0.717, 1.165) is 31.3 Å². The lowest BCUT2D eigenvalue weighted by Gasteiger charge is -2.17. The number of alkyl halides is 1. The van der Waals surface area contributed by atoms with E-state index in [1.165, 1.54) is 13.2 Å². The molecule has 0 aliphatic carbocycles. The summed E-state index contributed by atoms with van der Waals surface area (Å²) < 4.78 is 5.01. The van der Waals surface area contributed by atoms with Crippen molar-refractivity contribution in [2.24, 2.45) is 5.92 Å². The van der Waals surface area contributed by atoms with E-state index in [2.05, 4.69) is 15.9 Å². The third kappa shape index (κ3) is 3.21. The zero-order valence-electron chi connectivity index (χ0n) is 10.9. The van der Waals surface area contributed by atoms with Gasteiger partial charge in [-0.05, 0) is 30.9 Å². The molecule has 2 rings (SSSR count). The van der Waals surface area contributed by atoms with Gasteiger partial charge in [0, 0.05) is 24.5 Å². The molecule has 5 heteroatoms. The minimum atomic E-state index is -0.0998. The van der Waals surface area contributed by atoms with E-state index in [1.54, 1.807) is 12.1 Å². The van der Waals surface area contributed by atoms with Crippen molar-refractivity contribution >= 4 is 21.8 Å². The molecule has 1 atom stereocenters. The molecule has 19 heavy (non-hydrogen) atoms. The number of benzene rings is 1. The molecule has 1 aliphatic heterocycles. The summed E-state index contributed by atoms with van der Waals surface area (Å²) in [6.07, 6.45) is 2.12. The van der Waals surface area contributed by atoms with Gasteiger partial charge in [0.25, 0.3) is 5.91 Å². The number of carbonyl (C=O) groups is 1. The fourth-order valence-corrected chi connectivity index (χ4v) is 3.04. The SMILES string of the molecule is COc1ccc(C(=O)N2CCC(CCBr)C2)c(O)c1. The Kier molecular flexibility index (Phi) is 4.69. The summed E-state index contributed by atoms with van der Waals surface area (Å²) in [6, 6.07) is 4.78. The number of nitrogens with zero attached hydrogens (tertiary/aromatic N) is 1. The van der Waals surface area contributed by atoms with Crippen molar-refractivity contribution in [3.05, 3.63) is 23.8 Å². The summed E-state index contributed by atoms with van der Waals surface area (Å²) in [5.41, 5.74) is 0.347. The van der Waals surface area contributed by atoms with E-state index in [9.17, 15) is 9.90 Å². The maximum Gasteiger partial charge on any atom is 0.257 e. The Morgan fingerprint density at radius 1 is 1.58 bits per heavy atom. The van der Waals surface area contributed by atoms with Crippen molar-refractivity contribution in [1.29, 1.82) is 0 Å². The second kappa shape index (κ2) is 6.28. The largest absolute Gasteiger partial charge is 0.507 e. The second-order valence-electron chi connectivity index (χ2n) is 4.77. The Labute approximate surface area is 121 Å². The summed E-state index contributed by atoms with van der Waals surface area (Å²) >= 11 is 3.43. The highest BCUT2D eigenvalue weighted by atomic mass is 79.9. The molecule has 0 aromatic heterocycles. The number of hydrogen-bond acceptors (Lipinski definition) is 3. The lowest BCUT2D eigenvalue weighted by Crippen LogP contribution is -2.28. The van der Waals surface area contributed by atoms with Gasteiger partial charge in [0.1, 0.15) is 11.5 Å². The first-order valence-electron chi connectivity index (χ1n) is 6.38. The van der Waals surface area contributed by atoms with Gasteiger partial charge in [-0.2, -0.15) is 0 Å². The molecule has 1 heterocycles. The molecule has 1 amide bonds. The van der Waals surface area contributed by atoms with Gasteiger partial charge in [-0.15, -0.1) is 0 Å². The smallest absolute Gasteiger partial charge is 0.257 e. The Balaban J connectivity index is 2.08. The lowest BCUT2D eigenvalue weighted by atomic mass is 10.1. The van der Waals surface area contributed by atoms with Gasteiger partial charge in [0.2, 0.25) is 0 Å². The lowest BCUT2D eigenvalue weighted by molar-refractivity contribution is 0.0784. The number of amides is 1. The van der Waals surface area contributed by atoms with Crippen LogP contribution in [0.25, 0.3) is 0 Å². The third-order valence-corrected chi connectivity index (χ3v) is 3.98. The highest BCUT2D eigenvalue weighted by molar-refractivity contribution is 9.09. The molecular formula is C14H18BrNO3. The number of phenols is 1. The molecule has 4 nitrogen and oxygen atoms in total. The Bertz CT molecular complexity index is 464. The van der Waals surface area contributed by atoms with E-state index in [-0.39, 0.29) is 11.7 Å². The van der Waals surface area contributed by atoms with E-state index in [0.29, 0.717) is 17.2 Å². The molecular weight excluding hydrogens is 310 g/mol. The maximum absolute atomic E-state index is 12.3. The molecule has 1 unspecified atom stereocenters. The van der Waals surface area contributed by atoms with E-state index < -0.39 is 0 Å².